The molecule has 116 valence electrons. The van der Waals surface area contributed by atoms with Crippen LogP contribution in [0.5, 0.6) is 0 Å². The summed E-state index contributed by atoms with van der Waals surface area (Å²) in [6.45, 7) is 10.0. The number of rotatable bonds is 10. The number of hydrogen-bond donors (Lipinski definition) is 0. The van der Waals surface area contributed by atoms with Gasteiger partial charge in [-0.1, -0.05) is 27.7 Å². The first-order valence-electron chi connectivity index (χ1n) is 7.11. The number of hydrogen-bond acceptors (Lipinski definition) is 5. The van der Waals surface area contributed by atoms with Crippen molar-refractivity contribution in [3.8, 4) is 0 Å². The summed E-state index contributed by atoms with van der Waals surface area (Å²) in [6.07, 6.45) is 1.65. The van der Waals surface area contributed by atoms with Crippen LogP contribution in [-0.4, -0.2) is 22.8 Å². The van der Waals surface area contributed by atoms with Crippen molar-refractivity contribution in [2.24, 2.45) is 0 Å². The largest absolute Gasteiger partial charge is 0.699 e. The first-order valence-corrected chi connectivity index (χ1v) is 8.20. The van der Waals surface area contributed by atoms with E-state index >= 15 is 0 Å². The fourth-order valence-corrected chi connectivity index (χ4v) is 3.57. The average Bonchev–Trinajstić information content (AvgIpc) is 2.41. The predicted molar refractivity (Wildman–Crippen MR) is 77.8 cm³/mol. The Morgan fingerprint density at radius 1 is 0.800 bits per heavy atom. The second kappa shape index (κ2) is 7.96. The lowest BCUT2D eigenvalue weighted by molar-refractivity contribution is -0.137. The summed E-state index contributed by atoms with van der Waals surface area (Å²) in [5, 5.41) is 0. The monoisotopic (exact) mass is 305 g/mol. The van der Waals surface area contributed by atoms with Crippen LogP contribution < -0.4 is 0 Å². The molecule has 0 unspecified atom stereocenters. The van der Waals surface area contributed by atoms with Gasteiger partial charge in [-0.3, -0.25) is 9.59 Å². The van der Waals surface area contributed by atoms with Gasteiger partial charge in [0.25, 0.3) is 0 Å². The molecule has 6 heteroatoms. The van der Waals surface area contributed by atoms with Gasteiger partial charge < -0.3 is 0 Å². The SMILES string of the molecule is CCC(CC)(O[P+](=O)OC(CC)(CC)C(C)=O)C(C)=O. The lowest BCUT2D eigenvalue weighted by atomic mass is 9.93. The summed E-state index contributed by atoms with van der Waals surface area (Å²) in [7, 11) is -2.54. The van der Waals surface area contributed by atoms with Crippen molar-refractivity contribution in [3.63, 3.8) is 0 Å². The minimum absolute atomic E-state index is 0.184. The van der Waals surface area contributed by atoms with E-state index in [0.29, 0.717) is 25.7 Å². The van der Waals surface area contributed by atoms with Gasteiger partial charge in [-0.25, -0.2) is 0 Å². The van der Waals surface area contributed by atoms with Crippen LogP contribution in [0.1, 0.15) is 67.2 Å². The maximum atomic E-state index is 12.1. The molecule has 0 aromatic heterocycles. The smallest absolute Gasteiger partial charge is 0.297 e. The van der Waals surface area contributed by atoms with E-state index in [0.717, 1.165) is 0 Å². The van der Waals surface area contributed by atoms with Crippen molar-refractivity contribution in [1.82, 2.24) is 0 Å². The molecule has 0 rings (SSSR count). The van der Waals surface area contributed by atoms with E-state index in [1.54, 1.807) is 27.7 Å². The van der Waals surface area contributed by atoms with Crippen molar-refractivity contribution in [3.05, 3.63) is 0 Å². The van der Waals surface area contributed by atoms with Crippen LogP contribution in [0.15, 0.2) is 0 Å². The summed E-state index contributed by atoms with van der Waals surface area (Å²) >= 11 is 0. The van der Waals surface area contributed by atoms with Crippen molar-refractivity contribution in [1.29, 1.82) is 0 Å². The Hall–Kier alpha value is -0.640. The molecule has 0 N–H and O–H groups in total. The normalized spacial score (nSPS) is 12.3. The molecule has 20 heavy (non-hydrogen) atoms. The highest BCUT2D eigenvalue weighted by atomic mass is 31.1. The minimum Gasteiger partial charge on any atom is -0.297 e. The Kier molecular flexibility index (Phi) is 7.71. The summed E-state index contributed by atoms with van der Waals surface area (Å²) in [4.78, 5) is 23.5. The number of carbonyl (C=O) groups is 2. The molecular formula is C14H26O5P+. The number of Topliss-reactive ketones (excluding diaryl/α,β-unsaturated/α-hetero) is 2. The molecule has 0 bridgehead atoms. The van der Waals surface area contributed by atoms with Gasteiger partial charge in [0.2, 0.25) is 0 Å². The van der Waals surface area contributed by atoms with Crippen LogP contribution in [-0.2, 0) is 23.2 Å². The third-order valence-corrected chi connectivity index (χ3v) is 5.06. The van der Waals surface area contributed by atoms with Crippen LogP contribution in [0.25, 0.3) is 0 Å². The molecule has 0 spiro atoms. The zero-order valence-corrected chi connectivity index (χ0v) is 14.2. The second-order valence-corrected chi connectivity index (χ2v) is 5.73. The summed E-state index contributed by atoms with van der Waals surface area (Å²) in [6, 6.07) is 0. The van der Waals surface area contributed by atoms with Gasteiger partial charge in [0.1, 0.15) is 0 Å². The van der Waals surface area contributed by atoms with Gasteiger partial charge in [-0.05, 0) is 39.5 Å². The predicted octanol–water partition coefficient (Wildman–Crippen LogP) is 3.97. The van der Waals surface area contributed by atoms with Gasteiger partial charge in [-0.15, -0.1) is 9.05 Å². The first kappa shape index (κ1) is 19.4. The van der Waals surface area contributed by atoms with Crippen molar-refractivity contribution >= 4 is 19.8 Å². The molecule has 0 fully saturated rings. The molecule has 0 aliphatic carbocycles. The maximum absolute atomic E-state index is 12.1. The van der Waals surface area contributed by atoms with Gasteiger partial charge in [0, 0.05) is 4.57 Å². The Labute approximate surface area is 122 Å². The third-order valence-electron chi connectivity index (χ3n) is 4.07. The highest BCUT2D eigenvalue weighted by Gasteiger charge is 2.49. The van der Waals surface area contributed by atoms with E-state index in [1.165, 1.54) is 13.8 Å². The van der Waals surface area contributed by atoms with Crippen molar-refractivity contribution in [2.75, 3.05) is 0 Å². The van der Waals surface area contributed by atoms with E-state index < -0.39 is 19.5 Å². The lowest BCUT2D eigenvalue weighted by Crippen LogP contribution is -2.40. The molecular weight excluding hydrogens is 279 g/mol. The topological polar surface area (TPSA) is 69.7 Å². The molecule has 0 aromatic rings. The van der Waals surface area contributed by atoms with Gasteiger partial charge >= 0.3 is 8.25 Å². The Morgan fingerprint density at radius 3 is 1.20 bits per heavy atom. The fourth-order valence-electron chi connectivity index (χ4n) is 2.19. The first-order chi connectivity index (χ1) is 9.23. The van der Waals surface area contributed by atoms with E-state index in [-0.39, 0.29) is 11.6 Å². The average molecular weight is 305 g/mol. The van der Waals surface area contributed by atoms with E-state index in [9.17, 15) is 14.2 Å². The van der Waals surface area contributed by atoms with Crippen LogP contribution in [0.2, 0.25) is 0 Å². The number of ketones is 2. The van der Waals surface area contributed by atoms with Gasteiger partial charge in [-0.2, -0.15) is 0 Å². The fraction of sp³-hybridized carbons (Fsp3) is 0.857. The van der Waals surface area contributed by atoms with Crippen LogP contribution in [0.4, 0.5) is 0 Å². The van der Waals surface area contributed by atoms with Gasteiger partial charge in [0.15, 0.2) is 22.8 Å². The molecule has 0 heterocycles. The summed E-state index contributed by atoms with van der Waals surface area (Å²) in [5.41, 5.74) is -2.20. The molecule has 0 aliphatic rings. The van der Waals surface area contributed by atoms with Crippen LogP contribution >= 0.6 is 8.25 Å². The van der Waals surface area contributed by atoms with E-state index in [2.05, 4.69) is 0 Å². The molecule has 0 atom stereocenters. The molecule has 0 saturated heterocycles. The molecule has 0 saturated carbocycles. The lowest BCUT2D eigenvalue weighted by Gasteiger charge is -2.24. The zero-order chi connectivity index (χ0) is 16.0. The molecule has 0 amide bonds. The molecule has 5 nitrogen and oxygen atoms in total. The van der Waals surface area contributed by atoms with Crippen LogP contribution in [0, 0.1) is 0 Å². The number of carbonyl (C=O) groups excluding carboxylic acids is 2. The Bertz CT molecular complexity index is 336. The van der Waals surface area contributed by atoms with Crippen molar-refractivity contribution in [2.45, 2.75) is 78.4 Å². The molecule has 0 aliphatic heterocycles. The third kappa shape index (κ3) is 4.18. The quantitative estimate of drug-likeness (QED) is 0.571. The Morgan fingerprint density at radius 2 is 1.05 bits per heavy atom. The molecule has 0 aromatic carbocycles. The standard InChI is InChI=1S/C14H26O5P/c1-7-13(8-2,11(5)15)18-20(17)19-14(9-3,10-4)12(6)16/h7-10H2,1-6H3/q+1. The van der Waals surface area contributed by atoms with Crippen LogP contribution in [0.3, 0.4) is 0 Å². The molecule has 0 radical (unpaired) electrons. The van der Waals surface area contributed by atoms with Gasteiger partial charge in [0.05, 0.1) is 0 Å². The van der Waals surface area contributed by atoms with E-state index in [1.807, 2.05) is 0 Å². The highest BCUT2D eigenvalue weighted by Crippen LogP contribution is 2.41. The minimum atomic E-state index is -2.54. The van der Waals surface area contributed by atoms with E-state index in [4.69, 9.17) is 9.05 Å². The highest BCUT2D eigenvalue weighted by molar-refractivity contribution is 7.33. The maximum Gasteiger partial charge on any atom is 0.699 e. The summed E-state index contributed by atoms with van der Waals surface area (Å²) < 4.78 is 22.9. The van der Waals surface area contributed by atoms with Crippen molar-refractivity contribution < 1.29 is 23.2 Å². The second-order valence-electron chi connectivity index (χ2n) is 4.92. The zero-order valence-electron chi connectivity index (χ0n) is 13.3. The Balaban J connectivity index is 5.10. The summed E-state index contributed by atoms with van der Waals surface area (Å²) in [5.74, 6) is -0.369.